The van der Waals surface area contributed by atoms with Crippen LogP contribution in [0.25, 0.3) is 0 Å². The molecule has 0 saturated heterocycles. The van der Waals surface area contributed by atoms with E-state index in [0.717, 1.165) is 19.3 Å². The van der Waals surface area contributed by atoms with Crippen LogP contribution in [0, 0.1) is 10.8 Å². The van der Waals surface area contributed by atoms with Crippen molar-refractivity contribution in [2.75, 3.05) is 26.4 Å². The minimum absolute atomic E-state index is 0.0757. The van der Waals surface area contributed by atoms with Crippen molar-refractivity contribution in [3.8, 4) is 0 Å². The highest BCUT2D eigenvalue weighted by molar-refractivity contribution is 5.80. The zero-order chi connectivity index (χ0) is 30.3. The highest BCUT2D eigenvalue weighted by Gasteiger charge is 2.42. The van der Waals surface area contributed by atoms with Gasteiger partial charge in [-0.3, -0.25) is 19.2 Å². The standard InChI is InChI=1S/C32H56O8/c1-7-10-12-13-14-15-16-17-18-19-23-39-30(36)32(6,9-3)26-31(4,5)29(35)40-25-24-38-28(34)21-20-27(33)37-22-11-8-2/h8H,2,7,9-26H2,1,3-6H3. The summed E-state index contributed by atoms with van der Waals surface area (Å²) in [6.45, 7) is 13.4. The van der Waals surface area contributed by atoms with Crippen LogP contribution in [0.2, 0.25) is 0 Å². The molecule has 0 aliphatic carbocycles. The molecule has 0 aliphatic rings. The van der Waals surface area contributed by atoms with Gasteiger partial charge >= 0.3 is 23.9 Å². The molecule has 1 atom stereocenters. The Morgan fingerprint density at radius 1 is 0.625 bits per heavy atom. The van der Waals surface area contributed by atoms with Crippen molar-refractivity contribution in [2.45, 2.75) is 131 Å². The first-order chi connectivity index (χ1) is 19.0. The summed E-state index contributed by atoms with van der Waals surface area (Å²) >= 11 is 0. The Bertz CT molecular complexity index is 745. The maximum atomic E-state index is 12.9. The summed E-state index contributed by atoms with van der Waals surface area (Å²) in [5.41, 5.74) is -1.74. The molecule has 232 valence electrons. The Balaban J connectivity index is 4.26. The van der Waals surface area contributed by atoms with Crippen LogP contribution in [0.3, 0.4) is 0 Å². The van der Waals surface area contributed by atoms with Crippen molar-refractivity contribution in [1.82, 2.24) is 0 Å². The molecule has 0 rings (SSSR count). The fourth-order valence-corrected chi connectivity index (χ4v) is 4.41. The third-order valence-electron chi connectivity index (χ3n) is 7.09. The van der Waals surface area contributed by atoms with E-state index in [1.54, 1.807) is 19.9 Å². The lowest BCUT2D eigenvalue weighted by Gasteiger charge is -2.33. The molecule has 8 heteroatoms. The Morgan fingerprint density at radius 2 is 1.10 bits per heavy atom. The first kappa shape index (κ1) is 37.6. The molecular formula is C32H56O8. The average Bonchev–Trinajstić information content (AvgIpc) is 2.92. The molecule has 0 spiro atoms. The highest BCUT2D eigenvalue weighted by atomic mass is 16.6. The zero-order valence-corrected chi connectivity index (χ0v) is 26.0. The second-order valence-electron chi connectivity index (χ2n) is 11.4. The summed E-state index contributed by atoms with van der Waals surface area (Å²) < 4.78 is 20.9. The summed E-state index contributed by atoms with van der Waals surface area (Å²) in [6.07, 6.45) is 15.0. The van der Waals surface area contributed by atoms with E-state index in [2.05, 4.69) is 13.5 Å². The number of hydrogen-bond acceptors (Lipinski definition) is 8. The van der Waals surface area contributed by atoms with Gasteiger partial charge in [0.2, 0.25) is 0 Å². The van der Waals surface area contributed by atoms with Gasteiger partial charge in [-0.15, -0.1) is 6.58 Å². The fraction of sp³-hybridized carbons (Fsp3) is 0.812. The maximum Gasteiger partial charge on any atom is 0.311 e. The van der Waals surface area contributed by atoms with Gasteiger partial charge in [0.25, 0.3) is 0 Å². The predicted octanol–water partition coefficient (Wildman–Crippen LogP) is 7.27. The molecule has 0 amide bonds. The summed E-state index contributed by atoms with van der Waals surface area (Å²) in [7, 11) is 0. The summed E-state index contributed by atoms with van der Waals surface area (Å²) in [4.78, 5) is 49.0. The number of carbonyl (C=O) groups is 4. The van der Waals surface area contributed by atoms with Crippen LogP contribution in [-0.2, 0) is 38.1 Å². The SMILES string of the molecule is C=CCCOC(=O)CCC(=O)OCCOC(=O)C(C)(C)CC(C)(CC)C(=O)OCCCCCCCCCCCC. The van der Waals surface area contributed by atoms with Crippen molar-refractivity contribution in [3.63, 3.8) is 0 Å². The topological polar surface area (TPSA) is 105 Å². The van der Waals surface area contributed by atoms with Crippen LogP contribution < -0.4 is 0 Å². The molecule has 0 bridgehead atoms. The smallest absolute Gasteiger partial charge is 0.311 e. The van der Waals surface area contributed by atoms with Gasteiger partial charge in [-0.25, -0.2) is 0 Å². The molecule has 0 aromatic carbocycles. The van der Waals surface area contributed by atoms with Gasteiger partial charge in [0.15, 0.2) is 0 Å². The lowest BCUT2D eigenvalue weighted by Crippen LogP contribution is -2.39. The molecule has 1 unspecified atom stereocenters. The number of unbranched alkanes of at least 4 members (excludes halogenated alkanes) is 9. The van der Waals surface area contributed by atoms with Gasteiger partial charge in [-0.1, -0.05) is 77.7 Å². The lowest BCUT2D eigenvalue weighted by atomic mass is 9.72. The Hall–Kier alpha value is -2.38. The third kappa shape index (κ3) is 18.1. The quantitative estimate of drug-likeness (QED) is 0.0490. The van der Waals surface area contributed by atoms with Gasteiger partial charge in [0.05, 0.1) is 36.9 Å². The maximum absolute atomic E-state index is 12.9. The molecule has 0 radical (unpaired) electrons. The number of rotatable bonds is 25. The minimum atomic E-state index is -0.930. The molecule has 0 N–H and O–H groups in total. The molecule has 8 nitrogen and oxygen atoms in total. The largest absolute Gasteiger partial charge is 0.465 e. The Kier molecular flexibility index (Phi) is 21.0. The first-order valence-electron chi connectivity index (χ1n) is 15.3. The van der Waals surface area contributed by atoms with E-state index >= 15 is 0 Å². The van der Waals surface area contributed by atoms with Gasteiger partial charge < -0.3 is 18.9 Å². The van der Waals surface area contributed by atoms with Crippen molar-refractivity contribution in [3.05, 3.63) is 12.7 Å². The molecule has 0 fully saturated rings. The molecule has 0 aromatic rings. The lowest BCUT2D eigenvalue weighted by molar-refractivity contribution is -0.165. The average molecular weight is 569 g/mol. The van der Waals surface area contributed by atoms with Crippen LogP contribution in [0.5, 0.6) is 0 Å². The zero-order valence-electron chi connectivity index (χ0n) is 26.0. The van der Waals surface area contributed by atoms with E-state index < -0.39 is 28.7 Å². The van der Waals surface area contributed by atoms with Crippen LogP contribution in [0.4, 0.5) is 0 Å². The van der Waals surface area contributed by atoms with Gasteiger partial charge in [-0.2, -0.15) is 0 Å². The molecule has 0 heterocycles. The van der Waals surface area contributed by atoms with Crippen molar-refractivity contribution >= 4 is 23.9 Å². The van der Waals surface area contributed by atoms with Gasteiger partial charge in [0.1, 0.15) is 13.2 Å². The van der Waals surface area contributed by atoms with Gasteiger partial charge in [-0.05, 0) is 46.5 Å². The Morgan fingerprint density at radius 3 is 1.62 bits per heavy atom. The molecule has 40 heavy (non-hydrogen) atoms. The third-order valence-corrected chi connectivity index (χ3v) is 7.09. The summed E-state index contributed by atoms with van der Waals surface area (Å²) in [6, 6.07) is 0. The van der Waals surface area contributed by atoms with Crippen molar-refractivity contribution < 1.29 is 38.1 Å². The fourth-order valence-electron chi connectivity index (χ4n) is 4.41. The van der Waals surface area contributed by atoms with Crippen LogP contribution in [0.15, 0.2) is 12.7 Å². The second kappa shape index (κ2) is 22.3. The normalized spacial score (nSPS) is 12.7. The number of ether oxygens (including phenoxy) is 4. The van der Waals surface area contributed by atoms with Gasteiger partial charge in [0, 0.05) is 0 Å². The predicted molar refractivity (Wildman–Crippen MR) is 157 cm³/mol. The highest BCUT2D eigenvalue weighted by Crippen LogP contribution is 2.38. The van der Waals surface area contributed by atoms with E-state index in [1.807, 2.05) is 13.8 Å². The van der Waals surface area contributed by atoms with E-state index in [-0.39, 0.29) is 45.1 Å². The first-order valence-corrected chi connectivity index (χ1v) is 15.3. The van der Waals surface area contributed by atoms with Crippen LogP contribution in [0.1, 0.15) is 131 Å². The van der Waals surface area contributed by atoms with Crippen LogP contribution in [-0.4, -0.2) is 50.3 Å². The Labute approximate surface area is 242 Å². The number of carbonyl (C=O) groups excluding carboxylic acids is 4. The molecule has 0 saturated carbocycles. The van der Waals surface area contributed by atoms with E-state index in [1.165, 1.54) is 44.9 Å². The summed E-state index contributed by atoms with van der Waals surface area (Å²) in [5, 5.41) is 0. The second-order valence-corrected chi connectivity index (χ2v) is 11.4. The van der Waals surface area contributed by atoms with Crippen molar-refractivity contribution in [2.24, 2.45) is 10.8 Å². The number of esters is 4. The van der Waals surface area contributed by atoms with E-state index in [9.17, 15) is 19.2 Å². The van der Waals surface area contributed by atoms with E-state index in [0.29, 0.717) is 19.4 Å². The molecule has 0 aromatic heterocycles. The monoisotopic (exact) mass is 568 g/mol. The van der Waals surface area contributed by atoms with Crippen LogP contribution >= 0.6 is 0 Å². The van der Waals surface area contributed by atoms with Crippen molar-refractivity contribution in [1.29, 1.82) is 0 Å². The summed E-state index contributed by atoms with van der Waals surface area (Å²) in [5.74, 6) is -1.81. The van der Waals surface area contributed by atoms with E-state index in [4.69, 9.17) is 18.9 Å². The molecular weight excluding hydrogens is 512 g/mol. The number of hydrogen-bond donors (Lipinski definition) is 0. The minimum Gasteiger partial charge on any atom is -0.465 e. The molecule has 0 aliphatic heterocycles.